The van der Waals surface area contributed by atoms with Crippen LogP contribution in [0.4, 0.5) is 11.4 Å². The van der Waals surface area contributed by atoms with Gasteiger partial charge in [0, 0.05) is 26.7 Å². The molecule has 1 aromatic heterocycles. The molecule has 3 N–H and O–H groups in total. The molecule has 0 aliphatic rings. The molecule has 3 amide bonds. The number of anilines is 2. The molecule has 7 nitrogen and oxygen atoms in total. The summed E-state index contributed by atoms with van der Waals surface area (Å²) in [5.41, 5.74) is 1.64. The summed E-state index contributed by atoms with van der Waals surface area (Å²) < 4.78 is 5.15. The van der Waals surface area contributed by atoms with E-state index in [0.717, 1.165) is 9.77 Å². The molecule has 10 heteroatoms. The first-order valence-corrected chi connectivity index (χ1v) is 14.3. The van der Waals surface area contributed by atoms with Gasteiger partial charge in [0.25, 0.3) is 11.8 Å². The van der Waals surface area contributed by atoms with E-state index >= 15 is 0 Å². The highest BCUT2D eigenvalue weighted by Gasteiger charge is 2.18. The van der Waals surface area contributed by atoms with E-state index in [4.69, 9.17) is 16.3 Å². The molecular weight excluding hydrogens is 566 g/mol. The first-order chi connectivity index (χ1) is 19.3. The quantitative estimate of drug-likeness (QED) is 0.137. The molecule has 0 aliphatic heterocycles. The molecule has 0 saturated carbocycles. The average molecular weight is 592 g/mol. The smallest absolute Gasteiger partial charge is 0.272 e. The fraction of sp³-hybridized carbons (Fsp3) is 0.100. The van der Waals surface area contributed by atoms with Crippen LogP contribution in [-0.2, 0) is 9.59 Å². The van der Waals surface area contributed by atoms with E-state index in [1.165, 1.54) is 30.2 Å². The lowest BCUT2D eigenvalue weighted by Crippen LogP contribution is -2.30. The Morgan fingerprint density at radius 1 is 0.925 bits per heavy atom. The zero-order valence-corrected chi connectivity index (χ0v) is 24.0. The second kappa shape index (κ2) is 13.8. The van der Waals surface area contributed by atoms with Crippen molar-refractivity contribution < 1.29 is 19.1 Å². The molecule has 0 fully saturated rings. The number of thiophene rings is 1. The highest BCUT2D eigenvalue weighted by Crippen LogP contribution is 2.29. The number of carbonyl (C=O) groups is 3. The summed E-state index contributed by atoms with van der Waals surface area (Å²) >= 11 is 8.95. The standard InChI is InChI=1S/C30H26ClN3O4S2/c1-19(28(35)32-22-13-14-27(38-2)25(31)17-22)40-24-11-6-10-21(16-24)33-30(37)26(18-23-12-7-15-39-23)34-29(36)20-8-4-3-5-9-20/h3-19H,1-2H3,(H,32,35)(H,33,37)(H,34,36)/b26-18-. The number of benzene rings is 3. The lowest BCUT2D eigenvalue weighted by molar-refractivity contribution is -0.115. The van der Waals surface area contributed by atoms with Crippen molar-refractivity contribution in [1.29, 1.82) is 0 Å². The van der Waals surface area contributed by atoms with Crippen LogP contribution in [0.5, 0.6) is 5.75 Å². The van der Waals surface area contributed by atoms with Gasteiger partial charge in [-0.2, -0.15) is 0 Å². The van der Waals surface area contributed by atoms with Crippen molar-refractivity contribution in [2.45, 2.75) is 17.1 Å². The van der Waals surface area contributed by atoms with Crippen LogP contribution in [0.2, 0.25) is 5.02 Å². The zero-order chi connectivity index (χ0) is 28.5. The first kappa shape index (κ1) is 28.9. The Bertz CT molecular complexity index is 1530. The van der Waals surface area contributed by atoms with Gasteiger partial charge in [-0.25, -0.2) is 0 Å². The van der Waals surface area contributed by atoms with Gasteiger partial charge in [0.05, 0.1) is 17.4 Å². The van der Waals surface area contributed by atoms with Gasteiger partial charge >= 0.3 is 0 Å². The Morgan fingerprint density at radius 3 is 2.40 bits per heavy atom. The number of amides is 3. The number of halogens is 1. The van der Waals surface area contributed by atoms with Crippen LogP contribution < -0.4 is 20.7 Å². The molecule has 0 radical (unpaired) electrons. The Kier molecular flexibility index (Phi) is 10.0. The largest absolute Gasteiger partial charge is 0.495 e. The van der Waals surface area contributed by atoms with Crippen LogP contribution in [0.1, 0.15) is 22.2 Å². The third-order valence-electron chi connectivity index (χ3n) is 5.55. The Labute approximate surface area is 245 Å². The summed E-state index contributed by atoms with van der Waals surface area (Å²) in [6, 6.07) is 24.6. The summed E-state index contributed by atoms with van der Waals surface area (Å²) in [6.45, 7) is 1.79. The maximum absolute atomic E-state index is 13.2. The molecule has 1 unspecified atom stereocenters. The zero-order valence-electron chi connectivity index (χ0n) is 21.6. The van der Waals surface area contributed by atoms with Gasteiger partial charge in [0.1, 0.15) is 11.4 Å². The van der Waals surface area contributed by atoms with Crippen LogP contribution in [0, 0.1) is 0 Å². The van der Waals surface area contributed by atoms with Gasteiger partial charge in [-0.1, -0.05) is 41.9 Å². The molecule has 4 rings (SSSR count). The molecule has 0 saturated heterocycles. The van der Waals surface area contributed by atoms with Crippen LogP contribution in [-0.4, -0.2) is 30.1 Å². The number of hydrogen-bond acceptors (Lipinski definition) is 6. The number of ether oxygens (including phenoxy) is 1. The molecule has 0 spiro atoms. The van der Waals surface area contributed by atoms with E-state index in [9.17, 15) is 14.4 Å². The van der Waals surface area contributed by atoms with E-state index in [2.05, 4.69) is 16.0 Å². The predicted octanol–water partition coefficient (Wildman–Crippen LogP) is 6.94. The molecule has 1 atom stereocenters. The summed E-state index contributed by atoms with van der Waals surface area (Å²) in [6.07, 6.45) is 1.64. The van der Waals surface area contributed by atoms with Gasteiger partial charge < -0.3 is 20.7 Å². The van der Waals surface area contributed by atoms with E-state index < -0.39 is 11.2 Å². The first-order valence-electron chi connectivity index (χ1n) is 12.2. The van der Waals surface area contributed by atoms with Crippen molar-refractivity contribution in [3.63, 3.8) is 0 Å². The molecular formula is C30H26ClN3O4S2. The molecule has 0 bridgehead atoms. The van der Waals surface area contributed by atoms with Crippen LogP contribution >= 0.6 is 34.7 Å². The van der Waals surface area contributed by atoms with Gasteiger partial charge in [0.2, 0.25) is 5.91 Å². The van der Waals surface area contributed by atoms with Crippen molar-refractivity contribution >= 4 is 69.9 Å². The Hall–Kier alpha value is -4.05. The Balaban J connectivity index is 1.43. The van der Waals surface area contributed by atoms with Crippen LogP contribution in [0.15, 0.2) is 101 Å². The normalized spacial score (nSPS) is 11.8. The lowest BCUT2D eigenvalue weighted by atomic mass is 10.2. The molecule has 1 heterocycles. The van der Waals surface area contributed by atoms with Crippen LogP contribution in [0.25, 0.3) is 6.08 Å². The van der Waals surface area contributed by atoms with E-state index in [-0.39, 0.29) is 17.5 Å². The second-order valence-corrected chi connectivity index (χ2v) is 11.3. The maximum Gasteiger partial charge on any atom is 0.272 e. The number of hydrogen-bond donors (Lipinski definition) is 3. The fourth-order valence-corrected chi connectivity index (χ4v) is 5.39. The monoisotopic (exact) mass is 591 g/mol. The van der Waals surface area contributed by atoms with Gasteiger partial charge in [-0.3, -0.25) is 14.4 Å². The molecule has 4 aromatic rings. The van der Waals surface area contributed by atoms with Crippen molar-refractivity contribution in [1.82, 2.24) is 5.32 Å². The number of nitrogens with one attached hydrogen (secondary N) is 3. The van der Waals surface area contributed by atoms with Gasteiger partial charge in [0.15, 0.2) is 0 Å². The number of carbonyl (C=O) groups excluding carboxylic acids is 3. The molecule has 3 aromatic carbocycles. The summed E-state index contributed by atoms with van der Waals surface area (Å²) in [4.78, 5) is 40.4. The Morgan fingerprint density at radius 2 is 1.70 bits per heavy atom. The molecule has 40 heavy (non-hydrogen) atoms. The predicted molar refractivity (Wildman–Crippen MR) is 163 cm³/mol. The number of methoxy groups -OCH3 is 1. The summed E-state index contributed by atoms with van der Waals surface area (Å²) in [7, 11) is 1.52. The minimum absolute atomic E-state index is 0.111. The lowest BCUT2D eigenvalue weighted by Gasteiger charge is -2.14. The summed E-state index contributed by atoms with van der Waals surface area (Å²) in [5.74, 6) is -0.540. The highest BCUT2D eigenvalue weighted by atomic mass is 35.5. The van der Waals surface area contributed by atoms with E-state index in [0.29, 0.717) is 27.7 Å². The third kappa shape index (κ3) is 7.98. The van der Waals surface area contributed by atoms with E-state index in [1.54, 1.807) is 73.7 Å². The molecule has 0 aliphatic carbocycles. The van der Waals surface area contributed by atoms with Gasteiger partial charge in [-0.05, 0) is 73.0 Å². The topological polar surface area (TPSA) is 96.5 Å². The van der Waals surface area contributed by atoms with Crippen molar-refractivity contribution in [2.75, 3.05) is 17.7 Å². The minimum Gasteiger partial charge on any atom is -0.495 e. The highest BCUT2D eigenvalue weighted by molar-refractivity contribution is 8.00. The average Bonchev–Trinajstić information content (AvgIpc) is 3.46. The van der Waals surface area contributed by atoms with E-state index in [1.807, 2.05) is 29.6 Å². The van der Waals surface area contributed by atoms with Crippen molar-refractivity contribution in [3.05, 3.63) is 111 Å². The fourth-order valence-electron chi connectivity index (χ4n) is 3.55. The molecule has 204 valence electrons. The summed E-state index contributed by atoms with van der Waals surface area (Å²) in [5, 5.41) is 10.3. The second-order valence-electron chi connectivity index (χ2n) is 8.47. The SMILES string of the molecule is COc1ccc(NC(=O)C(C)Sc2cccc(NC(=O)/C(=C/c3cccs3)NC(=O)c3ccccc3)c2)cc1Cl. The van der Waals surface area contributed by atoms with Gasteiger partial charge in [-0.15, -0.1) is 23.1 Å². The maximum atomic E-state index is 13.2. The van der Waals surface area contributed by atoms with Crippen molar-refractivity contribution in [2.24, 2.45) is 0 Å². The van der Waals surface area contributed by atoms with Crippen LogP contribution in [0.3, 0.4) is 0 Å². The number of rotatable bonds is 10. The minimum atomic E-state index is -0.470. The number of thioether (sulfide) groups is 1. The third-order valence-corrected chi connectivity index (χ3v) is 7.76. The van der Waals surface area contributed by atoms with Crippen molar-refractivity contribution in [3.8, 4) is 5.75 Å².